The second-order valence-electron chi connectivity index (χ2n) is 6.60. The molecule has 1 N–H and O–H groups in total. The van der Waals surface area contributed by atoms with Gasteiger partial charge < -0.3 is 10.2 Å². The van der Waals surface area contributed by atoms with Crippen LogP contribution in [0.2, 0.25) is 0 Å². The molecule has 0 saturated carbocycles. The van der Waals surface area contributed by atoms with Crippen molar-refractivity contribution >= 4 is 5.91 Å². The topological polar surface area (TPSA) is 32.3 Å². The lowest BCUT2D eigenvalue weighted by atomic mass is 10.0. The summed E-state index contributed by atoms with van der Waals surface area (Å²) in [5, 5.41) is 3.03. The van der Waals surface area contributed by atoms with Gasteiger partial charge in [-0.1, -0.05) is 48.4 Å². The summed E-state index contributed by atoms with van der Waals surface area (Å²) in [7, 11) is 0. The summed E-state index contributed by atoms with van der Waals surface area (Å²) in [6.07, 6.45) is 3.92. The minimum absolute atomic E-state index is 0.0162. The predicted molar refractivity (Wildman–Crippen MR) is 99.2 cm³/mol. The van der Waals surface area contributed by atoms with Gasteiger partial charge in [0.15, 0.2) is 0 Å². The highest BCUT2D eigenvalue weighted by Gasteiger charge is 2.10. The normalized spacial score (nSPS) is 15.2. The number of amides is 1. The Hall–Kier alpha value is -2.13. The Balaban J connectivity index is 1.52. The number of benzene rings is 2. The molecule has 0 aromatic heterocycles. The molecule has 0 radical (unpaired) electrons. The molecule has 3 heteroatoms. The van der Waals surface area contributed by atoms with Gasteiger partial charge in [-0.15, -0.1) is 0 Å². The van der Waals surface area contributed by atoms with E-state index in [4.69, 9.17) is 0 Å². The van der Waals surface area contributed by atoms with Gasteiger partial charge in [-0.05, 0) is 56.1 Å². The average molecular weight is 322 g/mol. The van der Waals surface area contributed by atoms with Gasteiger partial charge in [0, 0.05) is 18.7 Å². The van der Waals surface area contributed by atoms with Crippen LogP contribution in [-0.2, 0) is 0 Å². The molecule has 1 aliphatic heterocycles. The highest BCUT2D eigenvalue weighted by Crippen LogP contribution is 2.20. The van der Waals surface area contributed by atoms with E-state index in [0.717, 1.165) is 24.2 Å². The van der Waals surface area contributed by atoms with Gasteiger partial charge >= 0.3 is 0 Å². The smallest absolute Gasteiger partial charge is 0.251 e. The van der Waals surface area contributed by atoms with E-state index in [2.05, 4.69) is 41.4 Å². The molecule has 0 atom stereocenters. The Kier molecular flexibility index (Phi) is 5.65. The lowest BCUT2D eigenvalue weighted by Crippen LogP contribution is -2.37. The Bertz CT molecular complexity index is 655. The van der Waals surface area contributed by atoms with Crippen molar-refractivity contribution in [3.8, 4) is 11.1 Å². The van der Waals surface area contributed by atoms with Crippen LogP contribution in [-0.4, -0.2) is 37.0 Å². The zero-order chi connectivity index (χ0) is 16.8. The molecule has 0 spiro atoms. The van der Waals surface area contributed by atoms with Gasteiger partial charge in [0.05, 0.1) is 0 Å². The van der Waals surface area contributed by atoms with Crippen LogP contribution in [0.15, 0.2) is 48.5 Å². The maximum Gasteiger partial charge on any atom is 0.251 e. The molecule has 1 fully saturated rings. The molecule has 2 aromatic rings. The Morgan fingerprint density at radius 2 is 1.50 bits per heavy atom. The van der Waals surface area contributed by atoms with E-state index in [9.17, 15) is 4.79 Å². The molecule has 1 heterocycles. The quantitative estimate of drug-likeness (QED) is 0.906. The van der Waals surface area contributed by atoms with E-state index >= 15 is 0 Å². The highest BCUT2D eigenvalue weighted by molar-refractivity contribution is 5.94. The summed E-state index contributed by atoms with van der Waals surface area (Å²) in [6.45, 7) is 6.09. The third kappa shape index (κ3) is 4.45. The summed E-state index contributed by atoms with van der Waals surface area (Å²) in [5.74, 6) is 0.0162. The van der Waals surface area contributed by atoms with Crippen LogP contribution >= 0.6 is 0 Å². The fourth-order valence-corrected chi connectivity index (χ4v) is 3.17. The number of hydrogen-bond donors (Lipinski definition) is 1. The minimum Gasteiger partial charge on any atom is -0.351 e. The van der Waals surface area contributed by atoms with Gasteiger partial charge in [-0.25, -0.2) is 0 Å². The van der Waals surface area contributed by atoms with Crippen molar-refractivity contribution < 1.29 is 4.79 Å². The predicted octanol–water partition coefficient (Wildman–Crippen LogP) is 3.88. The number of aryl methyl sites for hydroxylation is 1. The summed E-state index contributed by atoms with van der Waals surface area (Å²) in [5.41, 5.74) is 4.30. The van der Waals surface area contributed by atoms with Crippen molar-refractivity contribution in [3.05, 3.63) is 59.7 Å². The van der Waals surface area contributed by atoms with Crippen LogP contribution in [0.4, 0.5) is 0 Å². The molecule has 2 aromatic carbocycles. The molecule has 126 valence electrons. The SMILES string of the molecule is Cc1ccc(-c2ccc(C(=O)NCCN3CCCCC3)cc2)cc1. The standard InChI is InChI=1S/C21H26N2O/c1-17-5-7-18(8-6-17)19-9-11-20(12-10-19)21(24)22-13-16-23-14-3-2-4-15-23/h5-12H,2-4,13-16H2,1H3,(H,22,24). The van der Waals surface area contributed by atoms with Crippen molar-refractivity contribution in [2.24, 2.45) is 0 Å². The van der Waals surface area contributed by atoms with E-state index in [0.29, 0.717) is 0 Å². The number of carbonyl (C=O) groups is 1. The first-order valence-corrected chi connectivity index (χ1v) is 8.90. The van der Waals surface area contributed by atoms with E-state index < -0.39 is 0 Å². The van der Waals surface area contributed by atoms with Gasteiger partial charge in [0.1, 0.15) is 0 Å². The highest BCUT2D eigenvalue weighted by atomic mass is 16.1. The van der Waals surface area contributed by atoms with E-state index in [1.807, 2.05) is 24.3 Å². The lowest BCUT2D eigenvalue weighted by Gasteiger charge is -2.26. The van der Waals surface area contributed by atoms with Crippen molar-refractivity contribution in [2.75, 3.05) is 26.2 Å². The van der Waals surface area contributed by atoms with Crippen molar-refractivity contribution in [1.82, 2.24) is 10.2 Å². The second-order valence-corrected chi connectivity index (χ2v) is 6.60. The number of nitrogens with zero attached hydrogens (tertiary/aromatic N) is 1. The third-order valence-corrected chi connectivity index (χ3v) is 4.69. The van der Waals surface area contributed by atoms with Crippen LogP contribution in [0, 0.1) is 6.92 Å². The average Bonchev–Trinajstić information content (AvgIpc) is 2.63. The molecular weight excluding hydrogens is 296 g/mol. The number of piperidine rings is 1. The maximum atomic E-state index is 12.2. The fourth-order valence-electron chi connectivity index (χ4n) is 3.17. The second kappa shape index (κ2) is 8.11. The lowest BCUT2D eigenvalue weighted by molar-refractivity contribution is 0.0946. The first-order valence-electron chi connectivity index (χ1n) is 8.90. The number of carbonyl (C=O) groups excluding carboxylic acids is 1. The van der Waals surface area contributed by atoms with Crippen LogP contribution in [0.25, 0.3) is 11.1 Å². The zero-order valence-corrected chi connectivity index (χ0v) is 14.4. The Labute approximate surface area is 144 Å². The monoisotopic (exact) mass is 322 g/mol. The Morgan fingerprint density at radius 3 is 2.12 bits per heavy atom. The first kappa shape index (κ1) is 16.7. The minimum atomic E-state index is 0.0162. The molecule has 1 saturated heterocycles. The molecule has 0 bridgehead atoms. The van der Waals surface area contributed by atoms with E-state index in [-0.39, 0.29) is 5.91 Å². The summed E-state index contributed by atoms with van der Waals surface area (Å²) in [6, 6.07) is 16.3. The van der Waals surface area contributed by atoms with Crippen LogP contribution in [0.3, 0.4) is 0 Å². The largest absolute Gasteiger partial charge is 0.351 e. The fraction of sp³-hybridized carbons (Fsp3) is 0.381. The summed E-state index contributed by atoms with van der Waals surface area (Å²) < 4.78 is 0. The van der Waals surface area contributed by atoms with E-state index in [1.54, 1.807) is 0 Å². The number of hydrogen-bond acceptors (Lipinski definition) is 2. The van der Waals surface area contributed by atoms with Crippen LogP contribution in [0.1, 0.15) is 35.2 Å². The Morgan fingerprint density at radius 1 is 0.917 bits per heavy atom. The van der Waals surface area contributed by atoms with Crippen molar-refractivity contribution in [2.45, 2.75) is 26.2 Å². The summed E-state index contributed by atoms with van der Waals surface area (Å²) >= 11 is 0. The first-order chi connectivity index (χ1) is 11.7. The van der Waals surface area contributed by atoms with Crippen molar-refractivity contribution in [3.63, 3.8) is 0 Å². The summed E-state index contributed by atoms with van der Waals surface area (Å²) in [4.78, 5) is 14.7. The third-order valence-electron chi connectivity index (χ3n) is 4.69. The molecule has 1 amide bonds. The number of nitrogens with one attached hydrogen (secondary N) is 1. The number of rotatable bonds is 5. The van der Waals surface area contributed by atoms with E-state index in [1.165, 1.54) is 43.5 Å². The molecule has 0 aliphatic carbocycles. The molecule has 24 heavy (non-hydrogen) atoms. The molecular formula is C21H26N2O. The molecule has 0 unspecified atom stereocenters. The molecule has 1 aliphatic rings. The zero-order valence-electron chi connectivity index (χ0n) is 14.4. The molecule has 3 rings (SSSR count). The van der Waals surface area contributed by atoms with Gasteiger partial charge in [-0.3, -0.25) is 4.79 Å². The van der Waals surface area contributed by atoms with Gasteiger partial charge in [-0.2, -0.15) is 0 Å². The maximum absolute atomic E-state index is 12.2. The van der Waals surface area contributed by atoms with Crippen LogP contribution in [0.5, 0.6) is 0 Å². The van der Waals surface area contributed by atoms with Crippen molar-refractivity contribution in [1.29, 1.82) is 0 Å². The van der Waals surface area contributed by atoms with Crippen LogP contribution < -0.4 is 5.32 Å². The van der Waals surface area contributed by atoms with Gasteiger partial charge in [0.2, 0.25) is 0 Å². The number of likely N-dealkylation sites (tertiary alicyclic amines) is 1. The molecule has 3 nitrogen and oxygen atoms in total. The van der Waals surface area contributed by atoms with Gasteiger partial charge in [0.25, 0.3) is 5.91 Å².